The quantitative estimate of drug-likeness (QED) is 0.914. The van der Waals surface area contributed by atoms with Gasteiger partial charge in [0.25, 0.3) is 0 Å². The maximum Gasteiger partial charge on any atom is 0.162 e. The molecule has 1 N–H and O–H groups in total. The van der Waals surface area contributed by atoms with Crippen LogP contribution in [0.4, 0.5) is 0 Å². The average Bonchev–Trinajstić information content (AvgIpc) is 2.36. The van der Waals surface area contributed by atoms with Crippen LogP contribution >= 0.6 is 11.6 Å². The van der Waals surface area contributed by atoms with E-state index in [2.05, 4.69) is 13.8 Å². The second kappa shape index (κ2) is 5.37. The van der Waals surface area contributed by atoms with E-state index in [0.717, 1.165) is 0 Å². The fourth-order valence-corrected chi connectivity index (χ4v) is 2.22. The Morgan fingerprint density at radius 2 is 1.67 bits per heavy atom. The number of rotatable bonds is 3. The first-order valence-electron chi connectivity index (χ1n) is 6.27. The molecule has 4 heteroatoms. The van der Waals surface area contributed by atoms with Gasteiger partial charge in [-0.05, 0) is 17.9 Å². The molecule has 0 aliphatic carbocycles. The second-order valence-electron chi connectivity index (χ2n) is 5.07. The first-order valence-corrected chi connectivity index (χ1v) is 6.65. The predicted octanol–water partition coefficient (Wildman–Crippen LogP) is 3.44. The molecule has 3 nitrogen and oxygen atoms in total. The number of hydrogen-bond acceptors (Lipinski definition) is 3. The molecule has 2 rings (SSSR count). The van der Waals surface area contributed by atoms with E-state index in [0.29, 0.717) is 41.2 Å². The van der Waals surface area contributed by atoms with Crippen LogP contribution in [-0.4, -0.2) is 18.3 Å². The summed E-state index contributed by atoms with van der Waals surface area (Å²) in [5, 5.41) is 10.9. The topological polar surface area (TPSA) is 38.7 Å². The fourth-order valence-electron chi connectivity index (χ4n) is 1.95. The monoisotopic (exact) mass is 270 g/mol. The maximum absolute atomic E-state index is 10.4. The molecular weight excluding hydrogens is 252 g/mol. The van der Waals surface area contributed by atoms with Crippen molar-refractivity contribution in [1.82, 2.24) is 0 Å². The van der Waals surface area contributed by atoms with E-state index in [4.69, 9.17) is 21.1 Å². The summed E-state index contributed by atoms with van der Waals surface area (Å²) in [4.78, 5) is 0. The van der Waals surface area contributed by atoms with Gasteiger partial charge in [0, 0.05) is 11.6 Å². The number of aliphatic hydroxyl groups excluding tert-OH is 1. The Balaban J connectivity index is 2.33. The van der Waals surface area contributed by atoms with E-state index in [-0.39, 0.29) is 5.92 Å². The van der Waals surface area contributed by atoms with E-state index < -0.39 is 6.10 Å². The highest BCUT2D eigenvalue weighted by atomic mass is 35.5. The van der Waals surface area contributed by atoms with Crippen LogP contribution in [0.15, 0.2) is 12.1 Å². The van der Waals surface area contributed by atoms with Gasteiger partial charge < -0.3 is 14.6 Å². The average molecular weight is 271 g/mol. The lowest BCUT2D eigenvalue weighted by Gasteiger charge is -2.25. The molecule has 1 aliphatic heterocycles. The summed E-state index contributed by atoms with van der Waals surface area (Å²) in [6.45, 7) is 7.25. The zero-order chi connectivity index (χ0) is 13.3. The second-order valence-corrected chi connectivity index (χ2v) is 5.47. The summed E-state index contributed by atoms with van der Waals surface area (Å²) in [5.74, 6) is 1.82. The minimum absolute atomic E-state index is 0.130. The van der Waals surface area contributed by atoms with Crippen molar-refractivity contribution in [3.8, 4) is 11.5 Å². The van der Waals surface area contributed by atoms with Gasteiger partial charge in [-0.2, -0.15) is 0 Å². The first kappa shape index (κ1) is 13.5. The number of hydrogen-bond donors (Lipinski definition) is 1. The minimum Gasteiger partial charge on any atom is -0.486 e. The van der Waals surface area contributed by atoms with Crippen LogP contribution in [0.25, 0.3) is 0 Å². The maximum atomic E-state index is 10.4. The van der Waals surface area contributed by atoms with Gasteiger partial charge in [0.05, 0.1) is 11.1 Å². The lowest BCUT2D eigenvalue weighted by molar-refractivity contribution is 0.0913. The largest absolute Gasteiger partial charge is 0.486 e. The highest BCUT2D eigenvalue weighted by molar-refractivity contribution is 6.31. The highest BCUT2D eigenvalue weighted by Crippen LogP contribution is 2.40. The van der Waals surface area contributed by atoms with Gasteiger partial charge in [0.2, 0.25) is 0 Å². The Morgan fingerprint density at radius 1 is 1.11 bits per heavy atom. The van der Waals surface area contributed by atoms with E-state index >= 15 is 0 Å². The molecule has 0 aromatic heterocycles. The smallest absolute Gasteiger partial charge is 0.162 e. The van der Waals surface area contributed by atoms with Gasteiger partial charge in [-0.3, -0.25) is 0 Å². The van der Waals surface area contributed by atoms with Crippen LogP contribution in [0.1, 0.15) is 32.4 Å². The molecule has 1 aromatic rings. The lowest BCUT2D eigenvalue weighted by atomic mass is 9.88. The summed E-state index contributed by atoms with van der Waals surface area (Å²) in [6.07, 6.45) is -0.590. The number of ether oxygens (including phenoxy) is 2. The normalized spacial score (nSPS) is 17.7. The van der Waals surface area contributed by atoms with E-state index in [1.807, 2.05) is 6.92 Å². The molecule has 0 bridgehead atoms. The molecule has 100 valence electrons. The number of halogens is 1. The van der Waals surface area contributed by atoms with Crippen LogP contribution < -0.4 is 9.47 Å². The predicted molar refractivity (Wildman–Crippen MR) is 71.4 cm³/mol. The van der Waals surface area contributed by atoms with Gasteiger partial charge in [0.15, 0.2) is 11.5 Å². The van der Waals surface area contributed by atoms with Crippen LogP contribution in [0.5, 0.6) is 11.5 Å². The van der Waals surface area contributed by atoms with Gasteiger partial charge >= 0.3 is 0 Å². The zero-order valence-corrected chi connectivity index (χ0v) is 11.7. The zero-order valence-electron chi connectivity index (χ0n) is 10.9. The van der Waals surface area contributed by atoms with Crippen LogP contribution in [0.3, 0.4) is 0 Å². The van der Waals surface area contributed by atoms with E-state index in [1.54, 1.807) is 12.1 Å². The molecule has 0 radical (unpaired) electrons. The third kappa shape index (κ3) is 2.57. The summed E-state index contributed by atoms with van der Waals surface area (Å²) >= 11 is 6.21. The molecule has 0 amide bonds. The SMILES string of the molecule is CC(C)C(C)C(O)c1cc2c(cc1Cl)OCCO2. The third-order valence-corrected chi connectivity index (χ3v) is 3.86. The van der Waals surface area contributed by atoms with Crippen molar-refractivity contribution < 1.29 is 14.6 Å². The molecule has 0 saturated heterocycles. The van der Waals surface area contributed by atoms with Crippen molar-refractivity contribution in [3.05, 3.63) is 22.7 Å². The van der Waals surface area contributed by atoms with Crippen LogP contribution in [0.2, 0.25) is 5.02 Å². The molecule has 1 aliphatic rings. The standard InChI is InChI=1S/C14H19ClO3/c1-8(2)9(3)14(16)10-6-12-13(7-11(10)15)18-5-4-17-12/h6-9,14,16H,4-5H2,1-3H3. The summed E-state index contributed by atoms with van der Waals surface area (Å²) in [5.41, 5.74) is 0.710. The molecule has 1 heterocycles. The van der Waals surface area contributed by atoms with Crippen LogP contribution in [-0.2, 0) is 0 Å². The van der Waals surface area contributed by atoms with Crippen molar-refractivity contribution >= 4 is 11.6 Å². The third-order valence-electron chi connectivity index (χ3n) is 3.53. The minimum atomic E-state index is -0.590. The Bertz CT molecular complexity index is 431. The van der Waals surface area contributed by atoms with Crippen molar-refractivity contribution in [3.63, 3.8) is 0 Å². The van der Waals surface area contributed by atoms with Gasteiger partial charge in [-0.1, -0.05) is 32.4 Å². The molecule has 1 aromatic carbocycles. The van der Waals surface area contributed by atoms with Crippen molar-refractivity contribution in [2.75, 3.05) is 13.2 Å². The highest BCUT2D eigenvalue weighted by Gasteiger charge is 2.24. The van der Waals surface area contributed by atoms with Crippen LogP contribution in [0, 0.1) is 11.8 Å². The van der Waals surface area contributed by atoms with Gasteiger partial charge in [-0.15, -0.1) is 0 Å². The number of benzene rings is 1. The fraction of sp³-hybridized carbons (Fsp3) is 0.571. The Morgan fingerprint density at radius 3 is 2.22 bits per heavy atom. The molecule has 0 spiro atoms. The number of aliphatic hydroxyl groups is 1. The lowest BCUT2D eigenvalue weighted by Crippen LogP contribution is -2.18. The summed E-state index contributed by atoms with van der Waals surface area (Å²) in [6, 6.07) is 3.52. The first-order chi connectivity index (χ1) is 8.50. The molecule has 0 saturated carbocycles. The summed E-state index contributed by atoms with van der Waals surface area (Å²) in [7, 11) is 0. The van der Waals surface area contributed by atoms with E-state index in [1.165, 1.54) is 0 Å². The van der Waals surface area contributed by atoms with E-state index in [9.17, 15) is 5.11 Å². The summed E-state index contributed by atoms with van der Waals surface area (Å²) < 4.78 is 11.0. The molecular formula is C14H19ClO3. The molecule has 0 fully saturated rings. The Labute approximate surface area is 113 Å². The van der Waals surface area contributed by atoms with Crippen molar-refractivity contribution in [1.29, 1.82) is 0 Å². The molecule has 2 atom stereocenters. The Hall–Kier alpha value is -0.930. The molecule has 2 unspecified atom stereocenters. The van der Waals surface area contributed by atoms with Gasteiger partial charge in [-0.25, -0.2) is 0 Å². The Kier molecular flexibility index (Phi) is 4.03. The van der Waals surface area contributed by atoms with Gasteiger partial charge in [0.1, 0.15) is 13.2 Å². The van der Waals surface area contributed by atoms with Crippen molar-refractivity contribution in [2.24, 2.45) is 11.8 Å². The van der Waals surface area contributed by atoms with Crippen molar-refractivity contribution in [2.45, 2.75) is 26.9 Å². The molecule has 18 heavy (non-hydrogen) atoms. The number of fused-ring (bicyclic) bond motifs is 1.